The summed E-state index contributed by atoms with van der Waals surface area (Å²) in [5.41, 5.74) is 1.85. The van der Waals surface area contributed by atoms with Crippen LogP contribution in [0.3, 0.4) is 0 Å². The molecule has 0 fully saturated rings. The average molecular weight is 298 g/mol. The Hall–Kier alpha value is -0.830. The van der Waals surface area contributed by atoms with E-state index in [-0.39, 0.29) is 5.91 Å². The first-order chi connectivity index (χ1) is 7.90. The molecule has 0 aliphatic carbocycles. The summed E-state index contributed by atoms with van der Waals surface area (Å²) in [6, 6.07) is 5.81. The first-order valence-electron chi connectivity index (χ1n) is 5.93. The van der Waals surface area contributed by atoms with Crippen LogP contribution in [-0.2, 0) is 0 Å². The van der Waals surface area contributed by atoms with Crippen LogP contribution >= 0.6 is 15.9 Å². The lowest BCUT2D eigenvalue weighted by atomic mass is 10.1. The molecule has 1 aromatic carbocycles. The van der Waals surface area contributed by atoms with E-state index in [1.807, 2.05) is 32.2 Å². The zero-order valence-electron chi connectivity index (χ0n) is 11.0. The van der Waals surface area contributed by atoms with E-state index in [0.29, 0.717) is 5.92 Å². The first kappa shape index (κ1) is 14.2. The smallest absolute Gasteiger partial charge is 0.253 e. The Labute approximate surface area is 112 Å². The third kappa shape index (κ3) is 4.50. The fraction of sp³-hybridized carbons (Fsp3) is 0.500. The molecule has 0 unspecified atom stereocenters. The Morgan fingerprint density at radius 2 is 2.00 bits per heavy atom. The number of rotatable bonds is 4. The summed E-state index contributed by atoms with van der Waals surface area (Å²) >= 11 is 3.42. The van der Waals surface area contributed by atoms with E-state index in [0.717, 1.165) is 28.6 Å². The fourth-order valence-corrected chi connectivity index (χ4v) is 2.24. The van der Waals surface area contributed by atoms with Crippen LogP contribution in [0.25, 0.3) is 0 Å². The lowest BCUT2D eigenvalue weighted by molar-refractivity contribution is 0.0789. The molecular formula is C14H20BrNO. The normalized spacial score (nSPS) is 10.7. The minimum absolute atomic E-state index is 0.0926. The maximum absolute atomic E-state index is 12.2. The fourth-order valence-electron chi connectivity index (χ4n) is 1.63. The van der Waals surface area contributed by atoms with Crippen LogP contribution in [0.1, 0.15) is 36.2 Å². The molecule has 2 nitrogen and oxygen atoms in total. The second-order valence-corrected chi connectivity index (χ2v) is 5.84. The van der Waals surface area contributed by atoms with Crippen LogP contribution in [0.4, 0.5) is 0 Å². The summed E-state index contributed by atoms with van der Waals surface area (Å²) in [6.07, 6.45) is 1.04. The molecule has 1 aromatic rings. The van der Waals surface area contributed by atoms with Gasteiger partial charge in [0.2, 0.25) is 0 Å². The minimum Gasteiger partial charge on any atom is -0.342 e. The molecule has 0 bridgehead atoms. The number of hydrogen-bond acceptors (Lipinski definition) is 1. The molecule has 1 amide bonds. The van der Waals surface area contributed by atoms with Crippen molar-refractivity contribution in [1.82, 2.24) is 4.90 Å². The molecule has 94 valence electrons. The van der Waals surface area contributed by atoms with Gasteiger partial charge in [0.05, 0.1) is 0 Å². The molecule has 0 N–H and O–H groups in total. The van der Waals surface area contributed by atoms with Crippen LogP contribution in [0, 0.1) is 12.8 Å². The Balaban J connectivity index is 2.74. The van der Waals surface area contributed by atoms with Gasteiger partial charge in [-0.3, -0.25) is 4.79 Å². The van der Waals surface area contributed by atoms with Gasteiger partial charge in [0.15, 0.2) is 0 Å². The van der Waals surface area contributed by atoms with Crippen molar-refractivity contribution in [3.63, 3.8) is 0 Å². The van der Waals surface area contributed by atoms with Gasteiger partial charge >= 0.3 is 0 Å². The van der Waals surface area contributed by atoms with Crippen molar-refractivity contribution in [3.05, 3.63) is 33.8 Å². The highest BCUT2D eigenvalue weighted by molar-refractivity contribution is 9.10. The molecule has 0 aliphatic rings. The monoisotopic (exact) mass is 297 g/mol. The van der Waals surface area contributed by atoms with Crippen molar-refractivity contribution in [2.45, 2.75) is 27.2 Å². The number of aryl methyl sites for hydroxylation is 1. The highest BCUT2D eigenvalue weighted by Crippen LogP contribution is 2.16. The van der Waals surface area contributed by atoms with E-state index >= 15 is 0 Å². The predicted octanol–water partition coefficient (Wildman–Crippen LogP) is 3.88. The van der Waals surface area contributed by atoms with Crippen LogP contribution in [0.15, 0.2) is 22.7 Å². The molecule has 0 aliphatic heterocycles. The van der Waals surface area contributed by atoms with Crippen molar-refractivity contribution in [2.75, 3.05) is 13.6 Å². The number of benzene rings is 1. The predicted molar refractivity (Wildman–Crippen MR) is 75.3 cm³/mol. The van der Waals surface area contributed by atoms with Crippen molar-refractivity contribution < 1.29 is 4.79 Å². The first-order valence-corrected chi connectivity index (χ1v) is 6.72. The van der Waals surface area contributed by atoms with Gasteiger partial charge in [-0.15, -0.1) is 0 Å². The van der Waals surface area contributed by atoms with Crippen molar-refractivity contribution in [3.8, 4) is 0 Å². The summed E-state index contributed by atoms with van der Waals surface area (Å²) in [7, 11) is 1.86. The van der Waals surface area contributed by atoms with Crippen molar-refractivity contribution >= 4 is 21.8 Å². The molecule has 3 heteroatoms. The summed E-state index contributed by atoms with van der Waals surface area (Å²) in [5, 5.41) is 0. The molecule has 0 saturated carbocycles. The van der Waals surface area contributed by atoms with Gasteiger partial charge in [0.25, 0.3) is 5.91 Å². The van der Waals surface area contributed by atoms with E-state index in [2.05, 4.69) is 29.8 Å². The topological polar surface area (TPSA) is 20.3 Å². The molecule has 0 atom stereocenters. The third-order valence-corrected chi connectivity index (χ3v) is 3.14. The second kappa shape index (κ2) is 6.20. The zero-order chi connectivity index (χ0) is 13.0. The molecular weight excluding hydrogens is 278 g/mol. The Morgan fingerprint density at radius 3 is 2.53 bits per heavy atom. The summed E-state index contributed by atoms with van der Waals surface area (Å²) in [4.78, 5) is 14.0. The zero-order valence-corrected chi connectivity index (χ0v) is 12.5. The molecule has 0 saturated heterocycles. The van der Waals surface area contributed by atoms with Gasteiger partial charge in [-0.1, -0.05) is 29.8 Å². The maximum Gasteiger partial charge on any atom is 0.253 e. The summed E-state index contributed by atoms with van der Waals surface area (Å²) in [6.45, 7) is 7.14. The number of nitrogens with zero attached hydrogens (tertiary/aromatic N) is 1. The Morgan fingerprint density at radius 1 is 1.35 bits per heavy atom. The van der Waals surface area contributed by atoms with Gasteiger partial charge in [-0.05, 0) is 43.0 Å². The number of amides is 1. The average Bonchev–Trinajstić information content (AvgIpc) is 2.23. The third-order valence-electron chi connectivity index (χ3n) is 2.68. The number of carbonyl (C=O) groups excluding carboxylic acids is 1. The maximum atomic E-state index is 12.2. The quantitative estimate of drug-likeness (QED) is 0.826. The highest BCUT2D eigenvalue weighted by Gasteiger charge is 2.12. The van der Waals surface area contributed by atoms with Crippen LogP contribution in [-0.4, -0.2) is 24.4 Å². The Bertz CT molecular complexity index is 381. The van der Waals surface area contributed by atoms with Gasteiger partial charge in [-0.2, -0.15) is 0 Å². The largest absolute Gasteiger partial charge is 0.342 e. The van der Waals surface area contributed by atoms with Crippen LogP contribution < -0.4 is 0 Å². The van der Waals surface area contributed by atoms with Crippen LogP contribution in [0.5, 0.6) is 0 Å². The van der Waals surface area contributed by atoms with E-state index in [4.69, 9.17) is 0 Å². The summed E-state index contributed by atoms with van der Waals surface area (Å²) < 4.78 is 0.957. The van der Waals surface area contributed by atoms with Gasteiger partial charge in [0, 0.05) is 23.6 Å². The molecule has 0 heterocycles. The highest BCUT2D eigenvalue weighted by atomic mass is 79.9. The number of halogens is 1. The number of hydrogen-bond donors (Lipinski definition) is 0. The van der Waals surface area contributed by atoms with E-state index in [1.54, 1.807) is 4.90 Å². The van der Waals surface area contributed by atoms with Crippen LogP contribution in [0.2, 0.25) is 0 Å². The molecule has 1 rings (SSSR count). The van der Waals surface area contributed by atoms with E-state index in [1.165, 1.54) is 0 Å². The Kier molecular flexibility index (Phi) is 5.19. The SMILES string of the molecule is Cc1cc(Br)cc(C(=O)N(C)CCC(C)C)c1. The van der Waals surface area contributed by atoms with Crippen molar-refractivity contribution in [2.24, 2.45) is 5.92 Å². The molecule has 17 heavy (non-hydrogen) atoms. The van der Waals surface area contributed by atoms with E-state index < -0.39 is 0 Å². The lowest BCUT2D eigenvalue weighted by Crippen LogP contribution is -2.28. The van der Waals surface area contributed by atoms with E-state index in [9.17, 15) is 4.79 Å². The molecule has 0 aromatic heterocycles. The van der Waals surface area contributed by atoms with Crippen molar-refractivity contribution in [1.29, 1.82) is 0 Å². The van der Waals surface area contributed by atoms with Gasteiger partial charge in [0.1, 0.15) is 0 Å². The van der Waals surface area contributed by atoms with Gasteiger partial charge < -0.3 is 4.90 Å². The standard InChI is InChI=1S/C14H20BrNO/c1-10(2)5-6-16(4)14(17)12-7-11(3)8-13(15)9-12/h7-10H,5-6H2,1-4H3. The van der Waals surface area contributed by atoms with Gasteiger partial charge in [-0.25, -0.2) is 0 Å². The molecule has 0 radical (unpaired) electrons. The summed E-state index contributed by atoms with van der Waals surface area (Å²) in [5.74, 6) is 0.713. The second-order valence-electron chi connectivity index (χ2n) is 4.93. The molecule has 0 spiro atoms. The number of carbonyl (C=O) groups is 1. The lowest BCUT2D eigenvalue weighted by Gasteiger charge is -2.18. The minimum atomic E-state index is 0.0926.